The molecule has 4 heteroatoms. The van der Waals surface area contributed by atoms with E-state index in [4.69, 9.17) is 5.11 Å². The fourth-order valence-corrected chi connectivity index (χ4v) is 1.31. The summed E-state index contributed by atoms with van der Waals surface area (Å²) in [6.45, 7) is 2.39. The molecule has 1 aliphatic rings. The summed E-state index contributed by atoms with van der Waals surface area (Å²) in [5.74, 6) is -2.25. The van der Waals surface area contributed by atoms with Crippen molar-refractivity contribution in [1.82, 2.24) is 5.32 Å². The predicted molar refractivity (Wildman–Crippen MR) is 37.9 cm³/mol. The van der Waals surface area contributed by atoms with Crippen LogP contribution in [0.5, 0.6) is 0 Å². The second-order valence-corrected chi connectivity index (χ2v) is 2.87. The van der Waals surface area contributed by atoms with Crippen molar-refractivity contribution in [2.24, 2.45) is 11.8 Å². The second kappa shape index (κ2) is 2.90. The van der Waals surface area contributed by atoms with Gasteiger partial charge in [0.25, 0.3) is 0 Å². The summed E-state index contributed by atoms with van der Waals surface area (Å²) in [5.41, 5.74) is 0. The first-order valence-corrected chi connectivity index (χ1v) is 3.63. The number of aliphatic carboxylic acids is 1. The molecule has 1 aliphatic heterocycles. The number of hydrogen-bond acceptors (Lipinski definition) is 2. The number of carbonyl (C=O) groups excluding carboxylic acids is 1. The van der Waals surface area contributed by atoms with Gasteiger partial charge in [-0.15, -0.1) is 0 Å². The predicted octanol–water partition coefficient (Wildman–Crippen LogP) is -0.157. The van der Waals surface area contributed by atoms with E-state index >= 15 is 0 Å². The highest BCUT2D eigenvalue weighted by molar-refractivity contribution is 5.97. The molecule has 1 amide bonds. The maximum absolute atomic E-state index is 11.0. The third kappa shape index (κ3) is 1.50. The van der Waals surface area contributed by atoms with Gasteiger partial charge in [-0.05, 0) is 12.3 Å². The Morgan fingerprint density at radius 2 is 2.36 bits per heavy atom. The fourth-order valence-electron chi connectivity index (χ4n) is 1.31. The summed E-state index contributed by atoms with van der Waals surface area (Å²) in [4.78, 5) is 21.5. The Morgan fingerprint density at radius 3 is 2.73 bits per heavy atom. The lowest BCUT2D eigenvalue weighted by atomic mass is 9.87. The lowest BCUT2D eigenvalue weighted by Crippen LogP contribution is -2.44. The van der Waals surface area contributed by atoms with Gasteiger partial charge in [0.2, 0.25) is 5.91 Å². The standard InChI is InChI=1S/C7H11NO3/c1-4-2-3-8-6(9)5(4)7(10)11/h4-5H,2-3H2,1H3,(H,8,9)(H,10,11)/t4-,5+/m1/s1. The van der Waals surface area contributed by atoms with Crippen LogP contribution in [0.3, 0.4) is 0 Å². The van der Waals surface area contributed by atoms with Gasteiger partial charge in [0, 0.05) is 6.54 Å². The van der Waals surface area contributed by atoms with Gasteiger partial charge in [-0.2, -0.15) is 0 Å². The van der Waals surface area contributed by atoms with Crippen LogP contribution in [0.1, 0.15) is 13.3 Å². The van der Waals surface area contributed by atoms with E-state index in [1.807, 2.05) is 0 Å². The minimum Gasteiger partial charge on any atom is -0.481 e. The van der Waals surface area contributed by atoms with Gasteiger partial charge in [0.15, 0.2) is 0 Å². The van der Waals surface area contributed by atoms with E-state index in [0.29, 0.717) is 6.54 Å². The first kappa shape index (κ1) is 8.04. The molecular weight excluding hydrogens is 146 g/mol. The Morgan fingerprint density at radius 1 is 1.73 bits per heavy atom. The Kier molecular flexibility index (Phi) is 2.12. The number of carboxylic acids is 1. The fraction of sp³-hybridized carbons (Fsp3) is 0.714. The van der Waals surface area contributed by atoms with Crippen LogP contribution in [0.2, 0.25) is 0 Å². The molecule has 0 unspecified atom stereocenters. The van der Waals surface area contributed by atoms with E-state index in [1.165, 1.54) is 0 Å². The zero-order valence-corrected chi connectivity index (χ0v) is 6.33. The van der Waals surface area contributed by atoms with Crippen molar-refractivity contribution < 1.29 is 14.7 Å². The number of hydrogen-bond donors (Lipinski definition) is 2. The number of amides is 1. The molecule has 0 aromatic carbocycles. The number of nitrogens with one attached hydrogen (secondary N) is 1. The van der Waals surface area contributed by atoms with Gasteiger partial charge in [-0.25, -0.2) is 0 Å². The molecule has 1 heterocycles. The van der Waals surface area contributed by atoms with Crippen molar-refractivity contribution >= 4 is 11.9 Å². The highest BCUT2D eigenvalue weighted by Gasteiger charge is 2.34. The maximum atomic E-state index is 11.0. The molecule has 0 radical (unpaired) electrons. The average molecular weight is 157 g/mol. The SMILES string of the molecule is C[C@@H]1CCNC(=O)[C@H]1C(=O)O. The molecule has 2 atom stereocenters. The van der Waals surface area contributed by atoms with Crippen LogP contribution < -0.4 is 5.32 Å². The number of carboxylic acid groups (broad SMARTS) is 1. The molecule has 0 aliphatic carbocycles. The summed E-state index contributed by atoms with van der Waals surface area (Å²) in [6, 6.07) is 0. The van der Waals surface area contributed by atoms with Gasteiger partial charge in [0.1, 0.15) is 5.92 Å². The van der Waals surface area contributed by atoms with Gasteiger partial charge >= 0.3 is 5.97 Å². The van der Waals surface area contributed by atoms with Gasteiger partial charge in [-0.3, -0.25) is 9.59 Å². The van der Waals surface area contributed by atoms with Crippen molar-refractivity contribution in [1.29, 1.82) is 0 Å². The van der Waals surface area contributed by atoms with Gasteiger partial charge in [0.05, 0.1) is 0 Å². The molecule has 0 spiro atoms. The minimum atomic E-state index is -1.02. The quantitative estimate of drug-likeness (QED) is 0.520. The Labute approximate surface area is 64.6 Å². The number of piperidine rings is 1. The van der Waals surface area contributed by atoms with Crippen LogP contribution in [0.25, 0.3) is 0 Å². The monoisotopic (exact) mass is 157 g/mol. The lowest BCUT2D eigenvalue weighted by Gasteiger charge is -2.24. The molecule has 11 heavy (non-hydrogen) atoms. The second-order valence-electron chi connectivity index (χ2n) is 2.87. The molecule has 1 rings (SSSR count). The Bertz CT molecular complexity index is 190. The molecular formula is C7H11NO3. The van der Waals surface area contributed by atoms with Crippen LogP contribution in [-0.2, 0) is 9.59 Å². The average Bonchev–Trinajstić information content (AvgIpc) is 1.85. The minimum absolute atomic E-state index is 0.0405. The molecule has 1 saturated heterocycles. The highest BCUT2D eigenvalue weighted by Crippen LogP contribution is 2.19. The first-order chi connectivity index (χ1) is 5.13. The van der Waals surface area contributed by atoms with Crippen LogP contribution in [0.15, 0.2) is 0 Å². The molecule has 0 saturated carbocycles. The Hall–Kier alpha value is -1.06. The molecule has 2 N–H and O–H groups in total. The summed E-state index contributed by atoms with van der Waals surface area (Å²) in [6.07, 6.45) is 0.753. The van der Waals surface area contributed by atoms with Crippen molar-refractivity contribution in [3.8, 4) is 0 Å². The van der Waals surface area contributed by atoms with Gasteiger partial charge in [-0.1, -0.05) is 6.92 Å². The molecule has 0 bridgehead atoms. The molecule has 0 aromatic rings. The molecule has 4 nitrogen and oxygen atoms in total. The normalized spacial score (nSPS) is 31.2. The Balaban J connectivity index is 2.70. The van der Waals surface area contributed by atoms with Crippen LogP contribution in [-0.4, -0.2) is 23.5 Å². The first-order valence-electron chi connectivity index (χ1n) is 3.63. The summed E-state index contributed by atoms with van der Waals surface area (Å²) < 4.78 is 0. The molecule has 62 valence electrons. The lowest BCUT2D eigenvalue weighted by molar-refractivity contribution is -0.150. The van der Waals surface area contributed by atoms with Crippen molar-refractivity contribution in [3.63, 3.8) is 0 Å². The van der Waals surface area contributed by atoms with E-state index in [9.17, 15) is 9.59 Å². The highest BCUT2D eigenvalue weighted by atomic mass is 16.4. The number of carbonyl (C=O) groups is 2. The third-order valence-corrected chi connectivity index (χ3v) is 2.02. The summed E-state index contributed by atoms with van der Waals surface area (Å²) in [5, 5.41) is 11.1. The summed E-state index contributed by atoms with van der Waals surface area (Å²) in [7, 11) is 0. The maximum Gasteiger partial charge on any atom is 0.316 e. The third-order valence-electron chi connectivity index (χ3n) is 2.02. The van der Waals surface area contributed by atoms with E-state index in [-0.39, 0.29) is 11.8 Å². The van der Waals surface area contributed by atoms with E-state index in [0.717, 1.165) is 6.42 Å². The van der Waals surface area contributed by atoms with Crippen molar-refractivity contribution in [3.05, 3.63) is 0 Å². The van der Waals surface area contributed by atoms with E-state index < -0.39 is 11.9 Å². The zero-order chi connectivity index (χ0) is 8.43. The molecule has 1 fully saturated rings. The van der Waals surface area contributed by atoms with Crippen LogP contribution in [0.4, 0.5) is 0 Å². The largest absolute Gasteiger partial charge is 0.481 e. The van der Waals surface area contributed by atoms with E-state index in [1.54, 1.807) is 6.92 Å². The van der Waals surface area contributed by atoms with Crippen LogP contribution in [0, 0.1) is 11.8 Å². The molecule has 0 aromatic heterocycles. The smallest absolute Gasteiger partial charge is 0.316 e. The van der Waals surface area contributed by atoms with E-state index in [2.05, 4.69) is 5.32 Å². The topological polar surface area (TPSA) is 66.4 Å². The zero-order valence-electron chi connectivity index (χ0n) is 6.33. The van der Waals surface area contributed by atoms with Gasteiger partial charge < -0.3 is 10.4 Å². The van der Waals surface area contributed by atoms with Crippen molar-refractivity contribution in [2.45, 2.75) is 13.3 Å². The van der Waals surface area contributed by atoms with Crippen molar-refractivity contribution in [2.75, 3.05) is 6.54 Å². The van der Waals surface area contributed by atoms with Crippen LogP contribution >= 0.6 is 0 Å². The summed E-state index contributed by atoms with van der Waals surface area (Å²) >= 11 is 0. The number of rotatable bonds is 1.